The zero-order chi connectivity index (χ0) is 11.7. The minimum Gasteiger partial charge on any atom is -0.385 e. The molecule has 15 heavy (non-hydrogen) atoms. The molecule has 0 radical (unpaired) electrons. The molecule has 0 saturated heterocycles. The molecule has 2 N–H and O–H groups in total. The van der Waals surface area contributed by atoms with Crippen LogP contribution in [0.3, 0.4) is 0 Å². The van der Waals surface area contributed by atoms with Gasteiger partial charge in [0.2, 0.25) is 0 Å². The number of rotatable bonds is 9. The van der Waals surface area contributed by atoms with Gasteiger partial charge in [-0.15, -0.1) is 0 Å². The highest BCUT2D eigenvalue weighted by Crippen LogP contribution is 1.97. The highest BCUT2D eigenvalue weighted by molar-refractivity contribution is 4.66. The van der Waals surface area contributed by atoms with E-state index in [1.807, 2.05) is 0 Å². The molecule has 0 aromatic carbocycles. The summed E-state index contributed by atoms with van der Waals surface area (Å²) in [6, 6.07) is 0.271. The Morgan fingerprint density at radius 1 is 1.20 bits per heavy atom. The van der Waals surface area contributed by atoms with Gasteiger partial charge in [0.15, 0.2) is 0 Å². The number of nitrogens with zero attached hydrogens (tertiary/aromatic N) is 2. The number of likely N-dealkylation sites (N-methyl/N-ethyl adjacent to an activating group) is 2. The van der Waals surface area contributed by atoms with Crippen molar-refractivity contribution in [2.24, 2.45) is 5.73 Å². The van der Waals surface area contributed by atoms with Crippen LogP contribution in [-0.2, 0) is 4.74 Å². The topological polar surface area (TPSA) is 41.7 Å². The lowest BCUT2D eigenvalue weighted by molar-refractivity contribution is 0.186. The van der Waals surface area contributed by atoms with Gasteiger partial charge in [0.05, 0.1) is 0 Å². The summed E-state index contributed by atoms with van der Waals surface area (Å²) in [6.45, 7) is 3.94. The minimum atomic E-state index is 0.271. The SMILES string of the molecule is COCCCC(N)CN(C)CCN(C)C. The van der Waals surface area contributed by atoms with Crippen molar-refractivity contribution < 1.29 is 4.74 Å². The number of methoxy groups -OCH3 is 1. The highest BCUT2D eigenvalue weighted by Gasteiger charge is 2.06. The molecule has 0 aromatic rings. The van der Waals surface area contributed by atoms with Gasteiger partial charge in [-0.3, -0.25) is 0 Å². The van der Waals surface area contributed by atoms with Crippen LogP contribution in [0, 0.1) is 0 Å². The first kappa shape index (κ1) is 14.8. The van der Waals surface area contributed by atoms with Crippen LogP contribution >= 0.6 is 0 Å². The third-order valence-electron chi connectivity index (χ3n) is 2.40. The Kier molecular flexibility index (Phi) is 9.00. The van der Waals surface area contributed by atoms with E-state index >= 15 is 0 Å². The van der Waals surface area contributed by atoms with E-state index in [1.54, 1.807) is 7.11 Å². The van der Waals surface area contributed by atoms with Gasteiger partial charge in [-0.2, -0.15) is 0 Å². The van der Waals surface area contributed by atoms with E-state index in [-0.39, 0.29) is 6.04 Å². The monoisotopic (exact) mass is 217 g/mol. The van der Waals surface area contributed by atoms with Gasteiger partial charge in [-0.25, -0.2) is 0 Å². The van der Waals surface area contributed by atoms with Crippen LogP contribution in [0.4, 0.5) is 0 Å². The van der Waals surface area contributed by atoms with Gasteiger partial charge >= 0.3 is 0 Å². The highest BCUT2D eigenvalue weighted by atomic mass is 16.5. The van der Waals surface area contributed by atoms with Gasteiger partial charge in [0.25, 0.3) is 0 Å². The fourth-order valence-electron chi connectivity index (χ4n) is 1.44. The molecule has 92 valence electrons. The normalized spacial score (nSPS) is 13.8. The molecule has 0 bridgehead atoms. The summed E-state index contributed by atoms with van der Waals surface area (Å²) in [5, 5.41) is 0. The fourth-order valence-corrected chi connectivity index (χ4v) is 1.44. The predicted molar refractivity (Wildman–Crippen MR) is 65.1 cm³/mol. The average molecular weight is 217 g/mol. The van der Waals surface area contributed by atoms with E-state index < -0.39 is 0 Å². The fraction of sp³-hybridized carbons (Fsp3) is 1.00. The summed E-state index contributed by atoms with van der Waals surface area (Å²) < 4.78 is 5.00. The lowest BCUT2D eigenvalue weighted by Crippen LogP contribution is -2.38. The molecule has 0 rings (SSSR count). The van der Waals surface area contributed by atoms with Crippen LogP contribution in [0.1, 0.15) is 12.8 Å². The van der Waals surface area contributed by atoms with E-state index in [1.165, 1.54) is 0 Å². The molecular formula is C11H27N3O. The molecule has 1 unspecified atom stereocenters. The molecule has 0 amide bonds. The molecule has 0 heterocycles. The third-order valence-corrected chi connectivity index (χ3v) is 2.40. The Morgan fingerprint density at radius 3 is 2.40 bits per heavy atom. The first-order chi connectivity index (χ1) is 7.06. The first-order valence-corrected chi connectivity index (χ1v) is 5.64. The molecule has 0 saturated carbocycles. The summed E-state index contributed by atoms with van der Waals surface area (Å²) in [4.78, 5) is 4.48. The first-order valence-electron chi connectivity index (χ1n) is 5.64. The average Bonchev–Trinajstić information content (AvgIpc) is 2.15. The van der Waals surface area contributed by atoms with Gasteiger partial charge in [0.1, 0.15) is 0 Å². The van der Waals surface area contributed by atoms with Gasteiger partial charge in [-0.1, -0.05) is 0 Å². The Balaban J connectivity index is 3.44. The van der Waals surface area contributed by atoms with Crippen molar-refractivity contribution in [1.29, 1.82) is 0 Å². The zero-order valence-electron chi connectivity index (χ0n) is 10.7. The zero-order valence-corrected chi connectivity index (χ0v) is 10.7. The van der Waals surface area contributed by atoms with Crippen LogP contribution in [0.15, 0.2) is 0 Å². The van der Waals surface area contributed by atoms with Crippen LogP contribution < -0.4 is 5.73 Å². The number of hydrogen-bond donors (Lipinski definition) is 1. The smallest absolute Gasteiger partial charge is 0.0462 e. The lowest BCUT2D eigenvalue weighted by atomic mass is 10.1. The van der Waals surface area contributed by atoms with Crippen LogP contribution in [0.5, 0.6) is 0 Å². The Hall–Kier alpha value is -0.160. The Labute approximate surface area is 94.4 Å². The summed E-state index contributed by atoms with van der Waals surface area (Å²) in [6.07, 6.45) is 2.10. The van der Waals surface area contributed by atoms with Crippen molar-refractivity contribution in [2.75, 3.05) is 54.5 Å². The molecule has 0 spiro atoms. The standard InChI is InChI=1S/C11H27N3O/c1-13(2)7-8-14(3)10-11(12)6-5-9-15-4/h11H,5-10,12H2,1-4H3. The molecule has 0 aliphatic rings. The van der Waals surface area contributed by atoms with Crippen LogP contribution in [0.2, 0.25) is 0 Å². The number of hydrogen-bond acceptors (Lipinski definition) is 4. The summed E-state index contributed by atoms with van der Waals surface area (Å²) >= 11 is 0. The second-order valence-corrected chi connectivity index (χ2v) is 4.46. The molecule has 4 nitrogen and oxygen atoms in total. The van der Waals surface area contributed by atoms with Gasteiger partial charge < -0.3 is 20.3 Å². The van der Waals surface area contributed by atoms with Crippen molar-refractivity contribution in [2.45, 2.75) is 18.9 Å². The van der Waals surface area contributed by atoms with E-state index in [0.29, 0.717) is 0 Å². The van der Waals surface area contributed by atoms with E-state index in [0.717, 1.165) is 39.1 Å². The van der Waals surface area contributed by atoms with Crippen molar-refractivity contribution >= 4 is 0 Å². The molecule has 0 aliphatic carbocycles. The van der Waals surface area contributed by atoms with Crippen LogP contribution in [-0.4, -0.2) is 70.3 Å². The van der Waals surface area contributed by atoms with Crippen molar-refractivity contribution in [3.8, 4) is 0 Å². The van der Waals surface area contributed by atoms with Crippen LogP contribution in [0.25, 0.3) is 0 Å². The second kappa shape index (κ2) is 9.09. The summed E-state index contributed by atoms with van der Waals surface area (Å²) in [5.41, 5.74) is 6.01. The molecule has 0 aromatic heterocycles. The Morgan fingerprint density at radius 2 is 1.87 bits per heavy atom. The molecule has 0 fully saturated rings. The lowest BCUT2D eigenvalue weighted by Gasteiger charge is -2.22. The minimum absolute atomic E-state index is 0.271. The van der Waals surface area contributed by atoms with E-state index in [2.05, 4.69) is 30.9 Å². The van der Waals surface area contributed by atoms with Crippen molar-refractivity contribution in [3.63, 3.8) is 0 Å². The maximum atomic E-state index is 6.01. The molecule has 1 atom stereocenters. The second-order valence-electron chi connectivity index (χ2n) is 4.46. The van der Waals surface area contributed by atoms with E-state index in [9.17, 15) is 0 Å². The third kappa shape index (κ3) is 10.1. The van der Waals surface area contributed by atoms with Gasteiger partial charge in [-0.05, 0) is 34.0 Å². The number of ether oxygens (including phenoxy) is 1. The number of nitrogens with two attached hydrogens (primary N) is 1. The maximum absolute atomic E-state index is 6.01. The molecule has 4 heteroatoms. The Bertz CT molecular complexity index is 142. The van der Waals surface area contributed by atoms with E-state index in [4.69, 9.17) is 10.5 Å². The quantitative estimate of drug-likeness (QED) is 0.562. The largest absolute Gasteiger partial charge is 0.385 e. The van der Waals surface area contributed by atoms with Gasteiger partial charge in [0, 0.05) is 39.4 Å². The summed E-state index contributed by atoms with van der Waals surface area (Å²) in [7, 11) is 8.03. The molecule has 0 aliphatic heterocycles. The predicted octanol–water partition coefficient (Wildman–Crippen LogP) is 0.234. The summed E-state index contributed by atoms with van der Waals surface area (Å²) in [5.74, 6) is 0. The molecular weight excluding hydrogens is 190 g/mol. The van der Waals surface area contributed by atoms with Crippen molar-refractivity contribution in [1.82, 2.24) is 9.80 Å². The maximum Gasteiger partial charge on any atom is 0.0462 e. The van der Waals surface area contributed by atoms with Crippen molar-refractivity contribution in [3.05, 3.63) is 0 Å².